The smallest absolute Gasteiger partial charge is 0.305 e. The first-order valence-corrected chi connectivity index (χ1v) is 6.21. The van der Waals surface area contributed by atoms with E-state index in [1.54, 1.807) is 25.9 Å². The van der Waals surface area contributed by atoms with Gasteiger partial charge in [-0.1, -0.05) is 0 Å². The van der Waals surface area contributed by atoms with E-state index in [9.17, 15) is 24.4 Å². The van der Waals surface area contributed by atoms with E-state index in [0.29, 0.717) is 6.54 Å². The molecular formula is C13H18FN3O4. The lowest BCUT2D eigenvalue weighted by molar-refractivity contribution is -0.387. The van der Waals surface area contributed by atoms with Crippen molar-refractivity contribution < 1.29 is 19.2 Å². The quantitative estimate of drug-likeness (QED) is 0.597. The van der Waals surface area contributed by atoms with E-state index in [2.05, 4.69) is 5.32 Å². The highest BCUT2D eigenvalue weighted by Gasteiger charge is 2.23. The molecule has 1 aromatic carbocycles. The Morgan fingerprint density at radius 3 is 2.67 bits per heavy atom. The zero-order valence-electron chi connectivity index (χ0n) is 12.1. The normalized spacial score (nSPS) is 13.8. The molecule has 0 radical (unpaired) electrons. The van der Waals surface area contributed by atoms with Gasteiger partial charge in [0.15, 0.2) is 0 Å². The monoisotopic (exact) mass is 299 g/mol. The fourth-order valence-electron chi connectivity index (χ4n) is 1.90. The maximum atomic E-state index is 13.2. The third-order valence-corrected chi connectivity index (χ3v) is 2.69. The minimum Gasteiger partial charge on any atom is -0.387 e. The second-order valence-electron chi connectivity index (χ2n) is 5.34. The van der Waals surface area contributed by atoms with E-state index in [1.807, 2.05) is 0 Å². The summed E-state index contributed by atoms with van der Waals surface area (Å²) >= 11 is 0. The van der Waals surface area contributed by atoms with Crippen molar-refractivity contribution in [1.29, 1.82) is 0 Å². The molecule has 0 heterocycles. The molecule has 0 bridgehead atoms. The molecule has 1 aromatic rings. The van der Waals surface area contributed by atoms with Crippen LogP contribution in [0.3, 0.4) is 0 Å². The van der Waals surface area contributed by atoms with Gasteiger partial charge in [-0.3, -0.25) is 14.9 Å². The third kappa shape index (κ3) is 5.09. The summed E-state index contributed by atoms with van der Waals surface area (Å²) in [6.45, 7) is 1.85. The second-order valence-corrected chi connectivity index (χ2v) is 5.34. The summed E-state index contributed by atoms with van der Waals surface area (Å²) in [5, 5.41) is 23.1. The predicted octanol–water partition coefficient (Wildman–Crippen LogP) is 0.776. The van der Waals surface area contributed by atoms with Crippen LogP contribution < -0.4 is 5.32 Å². The maximum Gasteiger partial charge on any atom is 0.305 e. The van der Waals surface area contributed by atoms with Gasteiger partial charge in [0, 0.05) is 24.7 Å². The van der Waals surface area contributed by atoms with Crippen molar-refractivity contribution in [3.05, 3.63) is 39.7 Å². The highest BCUT2D eigenvalue weighted by molar-refractivity contribution is 5.94. The summed E-state index contributed by atoms with van der Waals surface area (Å²) < 4.78 is 13.2. The molecule has 1 unspecified atom stereocenters. The van der Waals surface area contributed by atoms with Crippen LogP contribution in [0.4, 0.5) is 10.1 Å². The molecule has 2 N–H and O–H groups in total. The van der Waals surface area contributed by atoms with Gasteiger partial charge in [0.2, 0.25) is 5.82 Å². The van der Waals surface area contributed by atoms with Crippen LogP contribution >= 0.6 is 0 Å². The van der Waals surface area contributed by atoms with E-state index < -0.39 is 27.9 Å². The molecule has 1 amide bonds. The van der Waals surface area contributed by atoms with Gasteiger partial charge in [0.05, 0.1) is 10.5 Å². The summed E-state index contributed by atoms with van der Waals surface area (Å²) in [7, 11) is 3.55. The van der Waals surface area contributed by atoms with Gasteiger partial charge in [0.1, 0.15) is 0 Å². The van der Waals surface area contributed by atoms with Crippen LogP contribution in [0.2, 0.25) is 0 Å². The number of carbonyl (C=O) groups excluding carboxylic acids is 1. The van der Waals surface area contributed by atoms with Gasteiger partial charge in [-0.15, -0.1) is 0 Å². The van der Waals surface area contributed by atoms with Crippen molar-refractivity contribution in [2.24, 2.45) is 0 Å². The second kappa shape index (κ2) is 6.59. The number of hydrogen-bond donors (Lipinski definition) is 2. The number of nitro benzene ring substituents is 1. The van der Waals surface area contributed by atoms with Crippen molar-refractivity contribution in [1.82, 2.24) is 10.2 Å². The third-order valence-electron chi connectivity index (χ3n) is 2.69. The highest BCUT2D eigenvalue weighted by Crippen LogP contribution is 2.18. The molecule has 21 heavy (non-hydrogen) atoms. The Bertz CT molecular complexity index is 546. The van der Waals surface area contributed by atoms with Gasteiger partial charge in [-0.05, 0) is 33.2 Å². The summed E-state index contributed by atoms with van der Waals surface area (Å²) in [4.78, 5) is 23.4. The molecule has 8 heteroatoms. The Morgan fingerprint density at radius 2 is 2.14 bits per heavy atom. The summed E-state index contributed by atoms with van der Waals surface area (Å²) in [6.07, 6.45) is 0. The largest absolute Gasteiger partial charge is 0.387 e. The number of aliphatic hydroxyl groups is 1. The molecular weight excluding hydrogens is 281 g/mol. The molecule has 1 atom stereocenters. The average molecular weight is 299 g/mol. The zero-order valence-corrected chi connectivity index (χ0v) is 12.1. The van der Waals surface area contributed by atoms with Gasteiger partial charge in [-0.2, -0.15) is 4.39 Å². The number of rotatable bonds is 6. The molecule has 0 aliphatic rings. The fourth-order valence-corrected chi connectivity index (χ4v) is 1.90. The Balaban J connectivity index is 2.77. The molecule has 116 valence electrons. The number of hydrogen-bond acceptors (Lipinski definition) is 5. The summed E-state index contributed by atoms with van der Waals surface area (Å²) in [5.41, 5.74) is -1.95. The highest BCUT2D eigenvalue weighted by atomic mass is 19.1. The van der Waals surface area contributed by atoms with Gasteiger partial charge < -0.3 is 15.3 Å². The predicted molar refractivity (Wildman–Crippen MR) is 74.6 cm³/mol. The van der Waals surface area contributed by atoms with E-state index >= 15 is 0 Å². The number of nitrogens with one attached hydrogen (secondary N) is 1. The van der Waals surface area contributed by atoms with Crippen molar-refractivity contribution >= 4 is 11.6 Å². The van der Waals surface area contributed by atoms with Crippen molar-refractivity contribution in [3.8, 4) is 0 Å². The zero-order chi connectivity index (χ0) is 16.2. The molecule has 0 saturated carbocycles. The molecule has 7 nitrogen and oxygen atoms in total. The van der Waals surface area contributed by atoms with Crippen LogP contribution in [0.1, 0.15) is 17.3 Å². The van der Waals surface area contributed by atoms with Crippen LogP contribution in [-0.4, -0.2) is 53.6 Å². The van der Waals surface area contributed by atoms with Gasteiger partial charge in [0.25, 0.3) is 5.91 Å². The molecule has 0 fully saturated rings. The molecule has 0 saturated heterocycles. The SMILES string of the molecule is CN(C)CC(C)(O)CNC(=O)c1ccc(F)c([N+](=O)[O-])c1. The number of nitro groups is 1. The number of likely N-dealkylation sites (N-methyl/N-ethyl adjacent to an activating group) is 1. The van der Waals surface area contributed by atoms with Gasteiger partial charge in [-0.25, -0.2) is 0 Å². The number of carbonyl (C=O) groups is 1. The Morgan fingerprint density at radius 1 is 1.52 bits per heavy atom. The summed E-state index contributed by atoms with van der Waals surface area (Å²) in [6, 6.07) is 2.88. The van der Waals surface area contributed by atoms with Crippen LogP contribution in [0.5, 0.6) is 0 Å². The minimum atomic E-state index is -1.15. The Labute approximate surface area is 121 Å². The van der Waals surface area contributed by atoms with Crippen LogP contribution in [0.15, 0.2) is 18.2 Å². The first-order valence-electron chi connectivity index (χ1n) is 6.21. The summed E-state index contributed by atoms with van der Waals surface area (Å²) in [5.74, 6) is -1.62. The number of nitrogens with zero attached hydrogens (tertiary/aromatic N) is 2. The van der Waals surface area contributed by atoms with E-state index in [1.165, 1.54) is 0 Å². The van der Waals surface area contributed by atoms with Crippen molar-refractivity contribution in [3.63, 3.8) is 0 Å². The molecule has 0 spiro atoms. The standard InChI is InChI=1S/C13H18FN3O4/c1-13(19,8-16(2)3)7-15-12(18)9-4-5-10(14)11(6-9)17(20)21/h4-6,19H,7-8H2,1-3H3,(H,15,18). The van der Waals surface area contributed by atoms with E-state index in [0.717, 1.165) is 18.2 Å². The molecule has 0 aromatic heterocycles. The maximum absolute atomic E-state index is 13.2. The van der Waals surface area contributed by atoms with Crippen molar-refractivity contribution in [2.75, 3.05) is 27.2 Å². The average Bonchev–Trinajstić information content (AvgIpc) is 2.34. The molecule has 0 aliphatic heterocycles. The van der Waals surface area contributed by atoms with E-state index in [-0.39, 0.29) is 12.1 Å². The topological polar surface area (TPSA) is 95.7 Å². The Kier molecular flexibility index (Phi) is 5.34. The van der Waals surface area contributed by atoms with Crippen molar-refractivity contribution in [2.45, 2.75) is 12.5 Å². The number of benzene rings is 1. The van der Waals surface area contributed by atoms with Crippen LogP contribution in [0.25, 0.3) is 0 Å². The van der Waals surface area contributed by atoms with Crippen LogP contribution in [0, 0.1) is 15.9 Å². The van der Waals surface area contributed by atoms with Crippen LogP contribution in [-0.2, 0) is 0 Å². The lowest BCUT2D eigenvalue weighted by atomic mass is 10.1. The number of amides is 1. The lowest BCUT2D eigenvalue weighted by Gasteiger charge is -2.27. The van der Waals surface area contributed by atoms with E-state index in [4.69, 9.17) is 0 Å². The number of halogens is 1. The fraction of sp³-hybridized carbons (Fsp3) is 0.462. The Hall–Kier alpha value is -2.06. The minimum absolute atomic E-state index is 0.0326. The molecule has 1 rings (SSSR count). The lowest BCUT2D eigenvalue weighted by Crippen LogP contribution is -2.47. The first-order chi connectivity index (χ1) is 9.62. The first kappa shape index (κ1) is 17.0. The molecule has 0 aliphatic carbocycles. The van der Waals surface area contributed by atoms with Gasteiger partial charge >= 0.3 is 5.69 Å².